The van der Waals surface area contributed by atoms with Crippen LogP contribution in [0.5, 0.6) is 0 Å². The molecule has 0 aromatic heterocycles. The van der Waals surface area contributed by atoms with Gasteiger partial charge >= 0.3 is 11.9 Å². The highest BCUT2D eigenvalue weighted by molar-refractivity contribution is 5.70. The maximum Gasteiger partial charge on any atom is 0.305 e. The number of rotatable bonds is 23. The Hall–Kier alpha value is -1.14. The molecule has 0 heterocycles. The van der Waals surface area contributed by atoms with Crippen LogP contribution >= 0.6 is 0 Å². The highest BCUT2D eigenvalue weighted by Crippen LogP contribution is 2.10. The zero-order valence-electron chi connectivity index (χ0n) is 21.1. The zero-order valence-corrected chi connectivity index (χ0v) is 21.1. The largest absolute Gasteiger partial charge is 0.466 e. The highest BCUT2D eigenvalue weighted by Gasteiger charge is 2.08. The molecule has 0 amide bonds. The first kappa shape index (κ1) is 30.9. The van der Waals surface area contributed by atoms with Crippen molar-refractivity contribution < 1.29 is 19.1 Å². The van der Waals surface area contributed by atoms with Gasteiger partial charge in [0.15, 0.2) is 0 Å². The molecule has 0 spiro atoms. The van der Waals surface area contributed by atoms with E-state index in [1.54, 1.807) is 0 Å². The molecule has 2 atom stereocenters. The van der Waals surface area contributed by atoms with E-state index >= 15 is 0 Å². The topological polar surface area (TPSA) is 105 Å². The zero-order chi connectivity index (χ0) is 23.9. The predicted octanol–water partition coefficient (Wildman–Crippen LogP) is 5.79. The van der Waals surface area contributed by atoms with Gasteiger partial charge in [-0.15, -0.1) is 0 Å². The Labute approximate surface area is 197 Å². The monoisotopic (exact) mass is 456 g/mol. The summed E-state index contributed by atoms with van der Waals surface area (Å²) in [5.74, 6) is -0.384. The lowest BCUT2D eigenvalue weighted by Crippen LogP contribution is -2.20. The van der Waals surface area contributed by atoms with Crippen LogP contribution < -0.4 is 11.5 Å². The van der Waals surface area contributed by atoms with E-state index in [9.17, 15) is 9.59 Å². The van der Waals surface area contributed by atoms with Gasteiger partial charge in [0.25, 0.3) is 0 Å². The Bertz CT molecular complexity index is 406. The molecule has 0 radical (unpaired) electrons. The minimum atomic E-state index is -0.192. The number of nitrogens with two attached hydrogens (primary N) is 2. The second-order valence-electron chi connectivity index (χ2n) is 9.15. The molecule has 0 aromatic rings. The van der Waals surface area contributed by atoms with Crippen LogP contribution in [-0.2, 0) is 19.1 Å². The summed E-state index contributed by atoms with van der Waals surface area (Å²) in [5, 5.41) is 0. The SMILES string of the molecule is CCCCCCC(N)CCCOC(=O)CCCCC(=O)OCCCC(N)CCCCCC. The minimum absolute atomic E-state index is 0.192. The third-order valence-electron chi connectivity index (χ3n) is 5.83. The lowest BCUT2D eigenvalue weighted by Gasteiger charge is -2.11. The summed E-state index contributed by atoms with van der Waals surface area (Å²) >= 11 is 0. The van der Waals surface area contributed by atoms with Gasteiger partial charge in [-0.2, -0.15) is 0 Å². The third kappa shape index (κ3) is 22.1. The third-order valence-corrected chi connectivity index (χ3v) is 5.83. The van der Waals surface area contributed by atoms with E-state index < -0.39 is 0 Å². The molecule has 32 heavy (non-hydrogen) atoms. The van der Waals surface area contributed by atoms with E-state index in [4.69, 9.17) is 20.9 Å². The lowest BCUT2D eigenvalue weighted by molar-refractivity contribution is -0.146. The number of ether oxygens (including phenoxy) is 2. The van der Waals surface area contributed by atoms with E-state index in [0.717, 1.165) is 38.5 Å². The van der Waals surface area contributed by atoms with Crippen molar-refractivity contribution in [3.8, 4) is 0 Å². The molecule has 0 aliphatic heterocycles. The molecular weight excluding hydrogens is 404 g/mol. The van der Waals surface area contributed by atoms with Gasteiger partial charge in [-0.05, 0) is 51.4 Å². The summed E-state index contributed by atoms with van der Waals surface area (Å²) < 4.78 is 10.5. The summed E-state index contributed by atoms with van der Waals surface area (Å²) in [5.41, 5.74) is 12.2. The average molecular weight is 457 g/mol. The quantitative estimate of drug-likeness (QED) is 0.149. The van der Waals surface area contributed by atoms with Crippen molar-refractivity contribution in [3.05, 3.63) is 0 Å². The summed E-state index contributed by atoms with van der Waals surface area (Å²) in [7, 11) is 0. The van der Waals surface area contributed by atoms with E-state index in [1.165, 1.54) is 51.4 Å². The number of hydrogen-bond acceptors (Lipinski definition) is 6. The minimum Gasteiger partial charge on any atom is -0.466 e. The molecule has 0 fully saturated rings. The van der Waals surface area contributed by atoms with Crippen LogP contribution in [0.1, 0.15) is 129 Å². The van der Waals surface area contributed by atoms with Gasteiger partial charge in [-0.25, -0.2) is 0 Å². The molecule has 0 aliphatic rings. The first-order valence-corrected chi connectivity index (χ1v) is 13.3. The maximum atomic E-state index is 11.8. The molecule has 0 aromatic carbocycles. The van der Waals surface area contributed by atoms with Gasteiger partial charge in [-0.1, -0.05) is 65.2 Å². The van der Waals surface area contributed by atoms with Crippen molar-refractivity contribution in [1.29, 1.82) is 0 Å². The Kier molecular flexibility index (Phi) is 22.2. The van der Waals surface area contributed by atoms with Crippen LogP contribution in [0.4, 0.5) is 0 Å². The van der Waals surface area contributed by atoms with Crippen molar-refractivity contribution in [2.75, 3.05) is 13.2 Å². The predicted molar refractivity (Wildman–Crippen MR) is 132 cm³/mol. The van der Waals surface area contributed by atoms with Crippen LogP contribution in [0.2, 0.25) is 0 Å². The van der Waals surface area contributed by atoms with Crippen molar-refractivity contribution >= 4 is 11.9 Å². The first-order chi connectivity index (χ1) is 15.5. The molecule has 0 saturated heterocycles. The summed E-state index contributed by atoms with van der Waals surface area (Å²) in [4.78, 5) is 23.6. The van der Waals surface area contributed by atoms with E-state index in [1.807, 2.05) is 0 Å². The number of carbonyl (C=O) groups is 2. The highest BCUT2D eigenvalue weighted by atomic mass is 16.5. The lowest BCUT2D eigenvalue weighted by atomic mass is 10.0. The van der Waals surface area contributed by atoms with Crippen LogP contribution in [0.3, 0.4) is 0 Å². The summed E-state index contributed by atoms with van der Waals surface area (Å²) in [6.07, 6.45) is 17.4. The van der Waals surface area contributed by atoms with E-state index in [0.29, 0.717) is 38.9 Å². The van der Waals surface area contributed by atoms with Crippen molar-refractivity contribution in [3.63, 3.8) is 0 Å². The van der Waals surface area contributed by atoms with Crippen molar-refractivity contribution in [2.45, 2.75) is 142 Å². The number of unbranched alkanes of at least 4 members (excludes halogenated alkanes) is 7. The van der Waals surface area contributed by atoms with Gasteiger partial charge < -0.3 is 20.9 Å². The van der Waals surface area contributed by atoms with Crippen LogP contribution in [0.15, 0.2) is 0 Å². The fourth-order valence-electron chi connectivity index (χ4n) is 3.70. The van der Waals surface area contributed by atoms with Gasteiger partial charge in [0.05, 0.1) is 13.2 Å². The van der Waals surface area contributed by atoms with E-state index in [-0.39, 0.29) is 24.0 Å². The Morgan fingerprint density at radius 2 is 0.938 bits per heavy atom. The van der Waals surface area contributed by atoms with Gasteiger partial charge in [0.2, 0.25) is 0 Å². The maximum absolute atomic E-state index is 11.8. The Morgan fingerprint density at radius 1 is 0.562 bits per heavy atom. The first-order valence-electron chi connectivity index (χ1n) is 13.3. The molecule has 0 rings (SSSR count). The summed E-state index contributed by atoms with van der Waals surface area (Å²) in [6, 6.07) is 0.413. The Morgan fingerprint density at radius 3 is 1.31 bits per heavy atom. The molecular formula is C26H52N2O4. The van der Waals surface area contributed by atoms with Crippen LogP contribution in [-0.4, -0.2) is 37.2 Å². The van der Waals surface area contributed by atoms with Gasteiger partial charge in [-0.3, -0.25) is 9.59 Å². The Balaban J connectivity index is 3.48. The molecule has 190 valence electrons. The second-order valence-corrected chi connectivity index (χ2v) is 9.15. The normalized spacial score (nSPS) is 13.0. The molecule has 0 aliphatic carbocycles. The van der Waals surface area contributed by atoms with Crippen molar-refractivity contribution in [2.24, 2.45) is 11.5 Å². The summed E-state index contributed by atoms with van der Waals surface area (Å²) in [6.45, 7) is 5.28. The van der Waals surface area contributed by atoms with Crippen molar-refractivity contribution in [1.82, 2.24) is 0 Å². The number of carbonyl (C=O) groups excluding carboxylic acids is 2. The molecule has 2 unspecified atom stereocenters. The standard InChI is InChI=1S/C26H52N2O4/c1-3-5-7-9-15-23(27)17-13-21-31-25(29)19-11-12-20-26(30)32-22-14-18-24(28)16-10-8-6-4-2/h23-24H,3-22,27-28H2,1-2H3. The van der Waals surface area contributed by atoms with Gasteiger partial charge in [0, 0.05) is 24.9 Å². The van der Waals surface area contributed by atoms with Gasteiger partial charge in [0.1, 0.15) is 0 Å². The van der Waals surface area contributed by atoms with Crippen LogP contribution in [0, 0.1) is 0 Å². The fraction of sp³-hybridized carbons (Fsp3) is 0.923. The molecule has 6 nitrogen and oxygen atoms in total. The number of hydrogen-bond donors (Lipinski definition) is 2. The second kappa shape index (κ2) is 23.0. The molecule has 0 saturated carbocycles. The molecule has 4 N–H and O–H groups in total. The fourth-order valence-corrected chi connectivity index (χ4v) is 3.70. The van der Waals surface area contributed by atoms with Crippen LogP contribution in [0.25, 0.3) is 0 Å². The smallest absolute Gasteiger partial charge is 0.305 e. The molecule has 0 bridgehead atoms. The molecule has 6 heteroatoms. The van der Waals surface area contributed by atoms with E-state index in [2.05, 4.69) is 13.8 Å². The average Bonchev–Trinajstić information content (AvgIpc) is 2.78. The number of esters is 2.